The molecule has 0 aliphatic heterocycles. The molecule has 0 heterocycles. The van der Waals surface area contributed by atoms with Crippen LogP contribution in [0.3, 0.4) is 0 Å². The molecule has 0 spiro atoms. The summed E-state index contributed by atoms with van der Waals surface area (Å²) in [5.74, 6) is -8.94. The second-order valence-electron chi connectivity index (χ2n) is 7.10. The van der Waals surface area contributed by atoms with Gasteiger partial charge in [0.15, 0.2) is 0 Å². The number of rotatable bonds is 13. The van der Waals surface area contributed by atoms with E-state index in [1.54, 1.807) is 45.0 Å². The maximum atomic E-state index is 10.00. The third-order valence-corrected chi connectivity index (χ3v) is 5.88. The molecule has 0 N–H and O–H groups in total. The second-order valence-corrected chi connectivity index (χ2v) is 9.95. The third kappa shape index (κ3) is 42.7. The van der Waals surface area contributed by atoms with Crippen molar-refractivity contribution >= 4 is 80.9 Å². The number of carboxylic acids is 6. The summed E-state index contributed by atoms with van der Waals surface area (Å²) in [5, 5.41) is 59.4. The number of hydrogen-bond acceptors (Lipinski definition) is 12. The van der Waals surface area contributed by atoms with Crippen molar-refractivity contribution in [3.63, 3.8) is 0 Å². The van der Waals surface area contributed by atoms with Crippen molar-refractivity contribution in [3.05, 3.63) is 34.9 Å². The van der Waals surface area contributed by atoms with Crippen molar-refractivity contribution in [3.8, 4) is 0 Å². The van der Waals surface area contributed by atoms with Gasteiger partial charge < -0.3 is 59.4 Å². The molecule has 0 bridgehead atoms. The van der Waals surface area contributed by atoms with Crippen molar-refractivity contribution in [2.45, 2.75) is 88.4 Å². The molecule has 0 fully saturated rings. The van der Waals surface area contributed by atoms with Crippen LogP contribution in [-0.2, 0) is 28.8 Å². The number of carbonyl (C=O) groups is 6. The molecule has 40 heavy (non-hydrogen) atoms. The van der Waals surface area contributed by atoms with E-state index in [0.29, 0.717) is 18.2 Å². The first-order chi connectivity index (χ1) is 18.6. The topological polar surface area (TPSA) is 241 Å². The Labute approximate surface area is 262 Å². The summed E-state index contributed by atoms with van der Waals surface area (Å²) in [4.78, 5) is 59.4. The monoisotopic (exact) mass is 780 g/mol. The van der Waals surface area contributed by atoms with Gasteiger partial charge in [-0.2, -0.15) is 0 Å². The molecule has 0 aromatic carbocycles. The average molecular weight is 778 g/mol. The van der Waals surface area contributed by atoms with E-state index in [4.69, 9.17) is 0 Å². The first kappa shape index (κ1) is 47.4. The third-order valence-electron chi connectivity index (χ3n) is 3.87. The van der Waals surface area contributed by atoms with E-state index in [0.717, 1.165) is 0 Å². The minimum absolute atomic E-state index is 0.121. The van der Waals surface area contributed by atoms with Crippen molar-refractivity contribution in [2.24, 2.45) is 0 Å². The molecule has 0 aliphatic rings. The second kappa shape index (κ2) is 34.7. The van der Waals surface area contributed by atoms with Crippen molar-refractivity contribution in [1.82, 2.24) is 0 Å². The Morgan fingerprint density at radius 1 is 0.475 bits per heavy atom. The molecule has 0 aliphatic carbocycles. The molecule has 0 amide bonds. The summed E-state index contributed by atoms with van der Waals surface area (Å²) in [6.07, 6.45) is 7.52. The van der Waals surface area contributed by atoms with Crippen molar-refractivity contribution in [2.75, 3.05) is 0 Å². The molecule has 0 rings (SSSR count). The minimum atomic E-state index is -1.51. The number of carbonyl (C=O) groups excluding carboxylic acids is 6. The van der Waals surface area contributed by atoms with E-state index >= 15 is 0 Å². The number of hydrogen-bond donors (Lipinski definition) is 0. The average Bonchev–Trinajstić information content (AvgIpc) is 2.86. The van der Waals surface area contributed by atoms with Crippen LogP contribution in [0.5, 0.6) is 0 Å². The first-order valence-corrected chi connectivity index (χ1v) is 16.3. The Hall–Kier alpha value is -2.36. The standard InChI is InChI=1S/3C6H8O4.2C4H9.2Sn/c3*1-2-4(6(9)10)3-5(7)8;2*1-3-4-2;;/h3*3H,2H2,1H3,(H,7,8)(H,9,10);2*1,3-4H2,2H3;;/q;;;;;2*+3/p-6/b3*4-3-;;;;. The van der Waals surface area contributed by atoms with Gasteiger partial charge >= 0.3 is 93.5 Å². The van der Waals surface area contributed by atoms with Crippen LogP contribution >= 0.6 is 0 Å². The van der Waals surface area contributed by atoms with Gasteiger partial charge in [0.05, 0.1) is 35.8 Å². The van der Waals surface area contributed by atoms with E-state index < -0.39 is 35.8 Å². The van der Waals surface area contributed by atoms with E-state index in [9.17, 15) is 59.4 Å². The Kier molecular flexibility index (Phi) is 41.1. The molecular weight excluding hydrogens is 742 g/mol. The van der Waals surface area contributed by atoms with Gasteiger partial charge in [-0.25, -0.2) is 0 Å². The Morgan fingerprint density at radius 3 is 0.700 bits per heavy atom. The molecule has 0 unspecified atom stereocenters. The van der Waals surface area contributed by atoms with Gasteiger partial charge in [0, 0.05) is 0 Å². The maximum absolute atomic E-state index is 10.00. The number of unbranched alkanes of at least 4 members (excludes halogenated alkanes) is 2. The fourth-order valence-electron chi connectivity index (χ4n) is 1.70. The predicted molar refractivity (Wildman–Crippen MR) is 136 cm³/mol. The van der Waals surface area contributed by atoms with Crippen LogP contribution in [0.25, 0.3) is 0 Å². The summed E-state index contributed by atoms with van der Waals surface area (Å²) >= 11 is 3.37. The number of carboxylic acid groups (broad SMARTS) is 6. The normalized spacial score (nSPS) is 10.5. The van der Waals surface area contributed by atoms with Crippen LogP contribution in [-0.4, -0.2) is 80.9 Å². The molecule has 0 atom stereocenters. The zero-order valence-corrected chi connectivity index (χ0v) is 29.2. The van der Waals surface area contributed by atoms with Crippen molar-refractivity contribution in [1.29, 1.82) is 0 Å². The fraction of sp³-hybridized carbons (Fsp3) is 0.538. The quantitative estimate of drug-likeness (QED) is 0.129. The molecule has 12 nitrogen and oxygen atoms in total. The number of aliphatic carboxylic acids is 6. The Morgan fingerprint density at radius 2 is 0.675 bits per heavy atom. The summed E-state index contributed by atoms with van der Waals surface area (Å²) < 4.78 is 2.87. The molecule has 14 heteroatoms. The van der Waals surface area contributed by atoms with Crippen molar-refractivity contribution < 1.29 is 59.4 Å². The Balaban J connectivity index is -0.000000132. The van der Waals surface area contributed by atoms with E-state index in [2.05, 4.69) is 13.8 Å². The van der Waals surface area contributed by atoms with E-state index in [1.807, 2.05) is 0 Å². The summed E-state index contributed by atoms with van der Waals surface area (Å²) in [6.45, 7) is 9.01. The summed E-state index contributed by atoms with van der Waals surface area (Å²) in [5.41, 5.74) is -0.792. The van der Waals surface area contributed by atoms with Gasteiger partial charge in [-0.05, 0) is 54.2 Å². The van der Waals surface area contributed by atoms with Gasteiger partial charge in [-0.1, -0.05) is 20.8 Å². The van der Waals surface area contributed by atoms with Gasteiger partial charge in [-0.15, -0.1) is 0 Å². The van der Waals surface area contributed by atoms with Gasteiger partial charge in [0.1, 0.15) is 0 Å². The van der Waals surface area contributed by atoms with Crippen LogP contribution in [0.2, 0.25) is 8.87 Å². The van der Waals surface area contributed by atoms with Gasteiger partial charge in [-0.3, -0.25) is 0 Å². The van der Waals surface area contributed by atoms with E-state index in [-0.39, 0.29) is 36.0 Å². The van der Waals surface area contributed by atoms with Crippen LogP contribution in [0.4, 0.5) is 0 Å². The van der Waals surface area contributed by atoms with Gasteiger partial charge in [0.25, 0.3) is 0 Å². The first-order valence-electron chi connectivity index (χ1n) is 12.2. The molecular formula is C26H36O12Sn2. The van der Waals surface area contributed by atoms with Crippen LogP contribution in [0.15, 0.2) is 34.9 Å². The molecule has 0 saturated carbocycles. The molecule has 0 radical (unpaired) electrons. The molecule has 0 aromatic heterocycles. The molecule has 0 saturated heterocycles. The van der Waals surface area contributed by atoms with Crippen LogP contribution < -0.4 is 30.6 Å². The van der Waals surface area contributed by atoms with E-state index in [1.165, 1.54) is 55.3 Å². The van der Waals surface area contributed by atoms with Gasteiger partial charge in [0.2, 0.25) is 0 Å². The summed E-state index contributed by atoms with van der Waals surface area (Å²) in [6, 6.07) is 0. The van der Waals surface area contributed by atoms with Crippen LogP contribution in [0.1, 0.15) is 79.6 Å². The van der Waals surface area contributed by atoms with Crippen LogP contribution in [0, 0.1) is 0 Å². The summed E-state index contributed by atoms with van der Waals surface area (Å²) in [7, 11) is 0. The Bertz CT molecular complexity index is 737. The molecule has 220 valence electrons. The zero-order chi connectivity index (χ0) is 32.7. The molecule has 0 aromatic rings. The fourth-order valence-corrected chi connectivity index (χ4v) is 3.71. The SMILES string of the molecule is CC/C(=C/C(=O)[O-])C(=O)[O-].CC/C(=C/C(=O)[O-])C(=O)[O-].CC/C(=C/C(=O)[O-])C(=O)[O-].CCC[CH2][Sn+3].CCC[CH2][Sn+3]. The predicted octanol–water partition coefficient (Wildman–Crippen LogP) is -3.79. The zero-order valence-electron chi connectivity index (χ0n) is 23.5.